The summed E-state index contributed by atoms with van der Waals surface area (Å²) in [4.78, 5) is 31.1. The Morgan fingerprint density at radius 2 is 2.23 bits per heavy atom. The lowest BCUT2D eigenvalue weighted by molar-refractivity contribution is -0.117. The second-order valence-electron chi connectivity index (χ2n) is 5.72. The molecule has 0 fully saturated rings. The summed E-state index contributed by atoms with van der Waals surface area (Å²) in [6.07, 6.45) is 4.09. The van der Waals surface area contributed by atoms with E-state index in [4.69, 9.17) is 9.72 Å². The molecule has 0 saturated carbocycles. The van der Waals surface area contributed by atoms with Crippen LogP contribution in [-0.4, -0.2) is 29.1 Å². The highest BCUT2D eigenvalue weighted by atomic mass is 32.1. The number of methoxy groups -OCH3 is 1. The predicted octanol–water partition coefficient (Wildman–Crippen LogP) is 2.11. The van der Waals surface area contributed by atoms with Crippen LogP contribution in [0.5, 0.6) is 0 Å². The fourth-order valence-corrected chi connectivity index (χ4v) is 4.27. The number of thiophene rings is 1. The first-order valence-corrected chi connectivity index (χ1v) is 8.45. The van der Waals surface area contributed by atoms with Crippen molar-refractivity contribution < 1.29 is 9.53 Å². The van der Waals surface area contributed by atoms with E-state index in [9.17, 15) is 9.59 Å². The minimum Gasteiger partial charge on any atom is -0.384 e. The van der Waals surface area contributed by atoms with E-state index in [1.54, 1.807) is 29.9 Å². The number of rotatable bonds is 6. The fraction of sp³-hybridized carbons (Fsp3) is 0.562. The van der Waals surface area contributed by atoms with Crippen molar-refractivity contribution in [2.24, 2.45) is 0 Å². The largest absolute Gasteiger partial charge is 0.384 e. The van der Waals surface area contributed by atoms with Crippen molar-refractivity contribution in [2.75, 3.05) is 13.7 Å². The van der Waals surface area contributed by atoms with Crippen LogP contribution in [0.25, 0.3) is 10.2 Å². The Labute approximate surface area is 132 Å². The standard InChI is InChI=1S/C16H20N2O3S/c1-10(19)6-8-18-13(7-9-21-2)17-15-14(16(18)20)11-4-3-5-12(11)22-15/h3-9H2,1-2H3. The van der Waals surface area contributed by atoms with Crippen molar-refractivity contribution in [3.05, 3.63) is 26.6 Å². The van der Waals surface area contributed by atoms with Crippen LogP contribution in [0.4, 0.5) is 0 Å². The molecule has 6 heteroatoms. The number of carbonyl (C=O) groups excluding carboxylic acids is 1. The zero-order valence-electron chi connectivity index (χ0n) is 13.0. The number of aromatic nitrogens is 2. The molecule has 0 saturated heterocycles. The summed E-state index contributed by atoms with van der Waals surface area (Å²) >= 11 is 1.65. The number of carbonyl (C=O) groups is 1. The smallest absolute Gasteiger partial charge is 0.262 e. The SMILES string of the molecule is COCCc1nc2sc3c(c2c(=O)n1CCC(C)=O)CCC3. The first-order valence-electron chi connectivity index (χ1n) is 7.64. The second-order valence-corrected chi connectivity index (χ2v) is 6.80. The topological polar surface area (TPSA) is 61.2 Å². The zero-order valence-corrected chi connectivity index (χ0v) is 13.8. The summed E-state index contributed by atoms with van der Waals surface area (Å²) in [7, 11) is 1.64. The highest BCUT2D eigenvalue weighted by molar-refractivity contribution is 7.18. The van der Waals surface area contributed by atoms with Gasteiger partial charge in [0, 0.05) is 31.4 Å². The van der Waals surface area contributed by atoms with Crippen LogP contribution in [0, 0.1) is 0 Å². The molecule has 0 N–H and O–H groups in total. The van der Waals surface area contributed by atoms with Gasteiger partial charge in [0.25, 0.3) is 5.56 Å². The third-order valence-electron chi connectivity index (χ3n) is 4.12. The molecular formula is C16H20N2O3S. The monoisotopic (exact) mass is 320 g/mol. The number of ether oxygens (including phenoxy) is 1. The Morgan fingerprint density at radius 1 is 1.41 bits per heavy atom. The molecular weight excluding hydrogens is 300 g/mol. The van der Waals surface area contributed by atoms with Crippen molar-refractivity contribution in [3.63, 3.8) is 0 Å². The molecule has 2 aromatic rings. The van der Waals surface area contributed by atoms with Gasteiger partial charge in [0.2, 0.25) is 0 Å². The van der Waals surface area contributed by atoms with E-state index in [0.717, 1.165) is 35.3 Å². The molecule has 0 aliphatic heterocycles. The minimum atomic E-state index is 0.0109. The molecule has 3 rings (SSSR count). The predicted molar refractivity (Wildman–Crippen MR) is 86.8 cm³/mol. The van der Waals surface area contributed by atoms with E-state index >= 15 is 0 Å². The summed E-state index contributed by atoms with van der Waals surface area (Å²) in [6.45, 7) is 2.47. The molecule has 1 aliphatic rings. The van der Waals surface area contributed by atoms with Crippen molar-refractivity contribution >= 4 is 27.3 Å². The molecule has 118 valence electrons. The van der Waals surface area contributed by atoms with E-state index in [2.05, 4.69) is 0 Å². The van der Waals surface area contributed by atoms with E-state index in [1.807, 2.05) is 0 Å². The maximum atomic E-state index is 12.9. The molecule has 0 bridgehead atoms. The molecule has 1 aliphatic carbocycles. The van der Waals surface area contributed by atoms with Gasteiger partial charge in [-0.05, 0) is 31.7 Å². The lowest BCUT2D eigenvalue weighted by Gasteiger charge is -2.11. The van der Waals surface area contributed by atoms with E-state index in [0.29, 0.717) is 26.0 Å². The van der Waals surface area contributed by atoms with Crippen molar-refractivity contribution in [1.29, 1.82) is 0 Å². The highest BCUT2D eigenvalue weighted by Gasteiger charge is 2.23. The number of Topliss-reactive ketones (excluding diaryl/α,β-unsaturated/α-hetero) is 1. The third kappa shape index (κ3) is 2.73. The van der Waals surface area contributed by atoms with Gasteiger partial charge in [-0.25, -0.2) is 4.98 Å². The van der Waals surface area contributed by atoms with Gasteiger partial charge >= 0.3 is 0 Å². The number of aryl methyl sites for hydroxylation is 2. The number of fused-ring (bicyclic) bond motifs is 3. The average Bonchev–Trinajstić information content (AvgIpc) is 3.04. The van der Waals surface area contributed by atoms with Gasteiger partial charge in [0.15, 0.2) is 0 Å². The quantitative estimate of drug-likeness (QED) is 0.818. The summed E-state index contributed by atoms with van der Waals surface area (Å²) in [6, 6.07) is 0. The summed E-state index contributed by atoms with van der Waals surface area (Å²) in [5, 5.41) is 0.780. The van der Waals surface area contributed by atoms with Gasteiger partial charge in [0.1, 0.15) is 16.4 Å². The number of hydrogen-bond acceptors (Lipinski definition) is 5. The zero-order chi connectivity index (χ0) is 15.7. The van der Waals surface area contributed by atoms with Crippen molar-refractivity contribution in [3.8, 4) is 0 Å². The second kappa shape index (κ2) is 6.30. The summed E-state index contributed by atoms with van der Waals surface area (Å²) < 4.78 is 6.80. The molecule has 22 heavy (non-hydrogen) atoms. The summed E-state index contributed by atoms with van der Waals surface area (Å²) in [5.41, 5.74) is 1.20. The van der Waals surface area contributed by atoms with Crippen LogP contribution in [0.2, 0.25) is 0 Å². The normalized spacial score (nSPS) is 13.7. The van der Waals surface area contributed by atoms with E-state index < -0.39 is 0 Å². The van der Waals surface area contributed by atoms with Gasteiger partial charge in [-0.15, -0.1) is 11.3 Å². The molecule has 2 heterocycles. The molecule has 0 unspecified atom stereocenters. The Kier molecular flexibility index (Phi) is 4.40. The molecule has 0 aromatic carbocycles. The Balaban J connectivity index is 2.12. The highest BCUT2D eigenvalue weighted by Crippen LogP contribution is 2.34. The molecule has 0 radical (unpaired) electrons. The van der Waals surface area contributed by atoms with Crippen LogP contribution >= 0.6 is 11.3 Å². The van der Waals surface area contributed by atoms with Crippen molar-refractivity contribution in [2.45, 2.75) is 45.6 Å². The van der Waals surface area contributed by atoms with Gasteiger partial charge in [-0.1, -0.05) is 0 Å². The molecule has 5 nitrogen and oxygen atoms in total. The van der Waals surface area contributed by atoms with Gasteiger partial charge in [0.05, 0.1) is 12.0 Å². The molecule has 0 atom stereocenters. The fourth-order valence-electron chi connectivity index (χ4n) is 3.00. The molecule has 0 spiro atoms. The van der Waals surface area contributed by atoms with E-state index in [1.165, 1.54) is 10.4 Å². The van der Waals surface area contributed by atoms with Gasteiger partial charge in [-0.3, -0.25) is 14.2 Å². The van der Waals surface area contributed by atoms with E-state index in [-0.39, 0.29) is 11.3 Å². The number of ketones is 1. The Morgan fingerprint density at radius 3 is 2.95 bits per heavy atom. The number of hydrogen-bond donors (Lipinski definition) is 0. The first-order chi connectivity index (χ1) is 10.6. The van der Waals surface area contributed by atoms with Crippen LogP contribution in [0.15, 0.2) is 4.79 Å². The first kappa shape index (κ1) is 15.4. The van der Waals surface area contributed by atoms with Crippen LogP contribution in [-0.2, 0) is 35.3 Å². The Bertz CT molecular complexity index is 776. The van der Waals surface area contributed by atoms with Gasteiger partial charge in [-0.2, -0.15) is 0 Å². The minimum absolute atomic E-state index is 0.0109. The van der Waals surface area contributed by atoms with Gasteiger partial charge < -0.3 is 4.74 Å². The summed E-state index contributed by atoms with van der Waals surface area (Å²) in [5.74, 6) is 0.806. The lowest BCUT2D eigenvalue weighted by atomic mass is 10.2. The molecule has 0 amide bonds. The molecule has 2 aromatic heterocycles. The Hall–Kier alpha value is -1.53. The van der Waals surface area contributed by atoms with Crippen LogP contribution in [0.3, 0.4) is 0 Å². The number of nitrogens with zero attached hydrogens (tertiary/aromatic N) is 2. The lowest BCUT2D eigenvalue weighted by Crippen LogP contribution is -2.27. The average molecular weight is 320 g/mol. The maximum absolute atomic E-state index is 12.9. The van der Waals surface area contributed by atoms with Crippen LogP contribution < -0.4 is 5.56 Å². The van der Waals surface area contributed by atoms with Crippen LogP contribution in [0.1, 0.15) is 36.0 Å². The van der Waals surface area contributed by atoms with Crippen molar-refractivity contribution in [1.82, 2.24) is 9.55 Å². The third-order valence-corrected chi connectivity index (χ3v) is 5.31. The maximum Gasteiger partial charge on any atom is 0.262 e.